The van der Waals surface area contributed by atoms with Crippen LogP contribution in [0.1, 0.15) is 13.8 Å². The van der Waals surface area contributed by atoms with Crippen LogP contribution < -0.4 is 11.4 Å². The Morgan fingerprint density at radius 2 is 2.09 bits per heavy atom. The van der Waals surface area contributed by atoms with Crippen LogP contribution in [0.4, 0.5) is 5.82 Å². The highest BCUT2D eigenvalue weighted by atomic mass is 16.1. The molecule has 5 heteroatoms. The summed E-state index contributed by atoms with van der Waals surface area (Å²) >= 11 is 0. The Morgan fingerprint density at radius 3 is 2.45 bits per heavy atom. The summed E-state index contributed by atoms with van der Waals surface area (Å²) in [5, 5.41) is 3.59. The topological polar surface area (TPSA) is 73.8 Å². The molecule has 1 aromatic heterocycles. The van der Waals surface area contributed by atoms with Gasteiger partial charge in [-0.1, -0.05) is 13.8 Å². The molecule has 62 valence electrons. The maximum absolute atomic E-state index is 10.5. The van der Waals surface area contributed by atoms with Gasteiger partial charge < -0.3 is 5.73 Å². The fourth-order valence-electron chi connectivity index (χ4n) is 0.407. The summed E-state index contributed by atoms with van der Waals surface area (Å²) in [5.74, 6) is 0.151. The lowest BCUT2D eigenvalue weighted by Crippen LogP contribution is -2.22. The Bertz CT molecular complexity index is 268. The average Bonchev–Trinajstić information content (AvgIpc) is 2.02. The number of nitrogen functional groups attached to an aromatic ring is 1. The van der Waals surface area contributed by atoms with Crippen LogP contribution in [-0.2, 0) is 7.05 Å². The van der Waals surface area contributed by atoms with Crippen molar-refractivity contribution < 1.29 is 0 Å². The largest absolute Gasteiger partial charge is 0.382 e. The highest BCUT2D eigenvalue weighted by molar-refractivity contribution is 5.19. The molecule has 0 fully saturated rings. The predicted octanol–water partition coefficient (Wildman–Crippen LogP) is -0.216. The van der Waals surface area contributed by atoms with E-state index in [0.717, 1.165) is 4.68 Å². The lowest BCUT2D eigenvalue weighted by atomic mass is 10.8. The fourth-order valence-corrected chi connectivity index (χ4v) is 0.407. The smallest absolute Gasteiger partial charge is 0.365 e. The molecule has 0 unspecified atom stereocenters. The number of anilines is 1. The van der Waals surface area contributed by atoms with Crippen LogP contribution in [0.3, 0.4) is 0 Å². The molecule has 0 radical (unpaired) electrons. The third-order valence-corrected chi connectivity index (χ3v) is 0.865. The lowest BCUT2D eigenvalue weighted by Gasteiger charge is -1.91. The molecule has 0 atom stereocenters. The van der Waals surface area contributed by atoms with Crippen molar-refractivity contribution in [2.75, 3.05) is 5.73 Å². The summed E-state index contributed by atoms with van der Waals surface area (Å²) in [6.07, 6.45) is 1.32. The first kappa shape index (κ1) is 9.61. The minimum absolute atomic E-state index is 0.151. The number of rotatable bonds is 0. The summed E-state index contributed by atoms with van der Waals surface area (Å²) in [4.78, 5) is 13.9. The van der Waals surface area contributed by atoms with Gasteiger partial charge in [-0.25, -0.2) is 9.48 Å². The van der Waals surface area contributed by atoms with E-state index in [2.05, 4.69) is 10.1 Å². The molecule has 1 heterocycles. The molecule has 0 saturated carbocycles. The van der Waals surface area contributed by atoms with Crippen LogP contribution in [-0.4, -0.2) is 14.8 Å². The molecule has 0 aliphatic carbocycles. The van der Waals surface area contributed by atoms with Crippen molar-refractivity contribution in [3.8, 4) is 0 Å². The van der Waals surface area contributed by atoms with Crippen LogP contribution in [0.2, 0.25) is 0 Å². The summed E-state index contributed by atoms with van der Waals surface area (Å²) in [6.45, 7) is 4.00. The molecule has 5 nitrogen and oxygen atoms in total. The third kappa shape index (κ3) is 2.79. The molecule has 1 rings (SSSR count). The van der Waals surface area contributed by atoms with Crippen molar-refractivity contribution in [2.24, 2.45) is 7.05 Å². The number of hydrogen-bond acceptors (Lipinski definition) is 4. The van der Waals surface area contributed by atoms with Crippen molar-refractivity contribution in [1.82, 2.24) is 14.8 Å². The van der Waals surface area contributed by atoms with Crippen molar-refractivity contribution in [3.05, 3.63) is 16.7 Å². The van der Waals surface area contributed by atoms with Crippen molar-refractivity contribution in [2.45, 2.75) is 13.8 Å². The number of nitrogens with two attached hydrogens (primary N) is 1. The van der Waals surface area contributed by atoms with Crippen LogP contribution in [0.5, 0.6) is 0 Å². The Morgan fingerprint density at radius 1 is 1.55 bits per heavy atom. The van der Waals surface area contributed by atoms with E-state index in [-0.39, 0.29) is 5.82 Å². The molecule has 0 bridgehead atoms. The average molecular weight is 156 g/mol. The van der Waals surface area contributed by atoms with Crippen molar-refractivity contribution in [3.63, 3.8) is 0 Å². The fraction of sp³-hybridized carbons (Fsp3) is 0.500. The molecular weight excluding hydrogens is 144 g/mol. The summed E-state index contributed by atoms with van der Waals surface area (Å²) < 4.78 is 1.11. The van der Waals surface area contributed by atoms with Gasteiger partial charge in [-0.15, -0.1) is 0 Å². The normalized spacial score (nSPS) is 8.27. The Hall–Kier alpha value is -1.39. The number of nitrogens with zero attached hydrogens (tertiary/aromatic N) is 3. The van der Waals surface area contributed by atoms with Crippen LogP contribution in [0.15, 0.2) is 11.0 Å². The van der Waals surface area contributed by atoms with Gasteiger partial charge in [0.15, 0.2) is 0 Å². The molecule has 2 N–H and O–H groups in total. The molecule has 0 spiro atoms. The van der Waals surface area contributed by atoms with E-state index in [4.69, 9.17) is 5.73 Å². The minimum Gasteiger partial charge on any atom is -0.382 e. The van der Waals surface area contributed by atoms with Crippen LogP contribution in [0.25, 0.3) is 0 Å². The standard InChI is InChI=1S/C4H6N4O.C2H6/c1-8-4(9)7-3(5)2-6-8;1-2/h2H,1H3,(H2,5,7,9);1-2H3. The molecule has 0 saturated heterocycles. The number of hydrogen-bond donors (Lipinski definition) is 1. The molecule has 0 aromatic carbocycles. The van der Waals surface area contributed by atoms with E-state index in [1.165, 1.54) is 13.2 Å². The molecule has 1 aromatic rings. The molecule has 0 amide bonds. The molecule has 11 heavy (non-hydrogen) atoms. The van der Waals surface area contributed by atoms with Crippen LogP contribution >= 0.6 is 0 Å². The maximum atomic E-state index is 10.5. The van der Waals surface area contributed by atoms with Gasteiger partial charge in [-0.2, -0.15) is 10.1 Å². The summed E-state index contributed by atoms with van der Waals surface area (Å²) in [7, 11) is 1.51. The Labute approximate surface area is 64.9 Å². The second-order valence-corrected chi connectivity index (χ2v) is 1.59. The molecular formula is C6H12N4O. The Kier molecular flexibility index (Phi) is 3.87. The van der Waals surface area contributed by atoms with Gasteiger partial charge in [0.2, 0.25) is 0 Å². The van der Waals surface area contributed by atoms with E-state index in [1.54, 1.807) is 0 Å². The van der Waals surface area contributed by atoms with Crippen LogP contribution in [0, 0.1) is 0 Å². The van der Waals surface area contributed by atoms with Gasteiger partial charge in [0.05, 0.1) is 6.20 Å². The second kappa shape index (κ2) is 4.43. The van der Waals surface area contributed by atoms with E-state index in [0.29, 0.717) is 0 Å². The van der Waals surface area contributed by atoms with E-state index in [1.807, 2.05) is 13.8 Å². The minimum atomic E-state index is -0.435. The van der Waals surface area contributed by atoms with Gasteiger partial charge in [0.25, 0.3) is 0 Å². The highest BCUT2D eigenvalue weighted by Crippen LogP contribution is 1.80. The SMILES string of the molecule is CC.Cn1ncc(N)nc1=O. The highest BCUT2D eigenvalue weighted by Gasteiger charge is 1.90. The zero-order chi connectivity index (χ0) is 8.85. The van der Waals surface area contributed by atoms with Gasteiger partial charge >= 0.3 is 5.69 Å². The number of aryl methyl sites for hydroxylation is 1. The van der Waals surface area contributed by atoms with Gasteiger partial charge in [0, 0.05) is 7.05 Å². The van der Waals surface area contributed by atoms with Crippen molar-refractivity contribution >= 4 is 5.82 Å². The summed E-state index contributed by atoms with van der Waals surface area (Å²) in [6, 6.07) is 0. The zero-order valence-electron chi connectivity index (χ0n) is 6.90. The van der Waals surface area contributed by atoms with Crippen molar-refractivity contribution in [1.29, 1.82) is 0 Å². The van der Waals surface area contributed by atoms with E-state index in [9.17, 15) is 4.79 Å². The summed E-state index contributed by atoms with van der Waals surface area (Å²) in [5.41, 5.74) is 4.71. The van der Waals surface area contributed by atoms with E-state index >= 15 is 0 Å². The lowest BCUT2D eigenvalue weighted by molar-refractivity contribution is 0.677. The monoisotopic (exact) mass is 156 g/mol. The maximum Gasteiger partial charge on any atom is 0.365 e. The molecule has 0 aliphatic rings. The molecule has 0 aliphatic heterocycles. The zero-order valence-corrected chi connectivity index (χ0v) is 6.90. The predicted molar refractivity (Wildman–Crippen MR) is 43.0 cm³/mol. The quantitative estimate of drug-likeness (QED) is 0.563. The first-order valence-electron chi connectivity index (χ1n) is 3.36. The van der Waals surface area contributed by atoms with Gasteiger partial charge in [0.1, 0.15) is 5.82 Å². The van der Waals surface area contributed by atoms with Gasteiger partial charge in [-0.3, -0.25) is 0 Å². The second-order valence-electron chi connectivity index (χ2n) is 1.59. The van der Waals surface area contributed by atoms with E-state index < -0.39 is 5.69 Å². The first-order chi connectivity index (χ1) is 5.20. The number of aromatic nitrogens is 3. The third-order valence-electron chi connectivity index (χ3n) is 0.865. The van der Waals surface area contributed by atoms with Gasteiger partial charge in [-0.05, 0) is 0 Å². The Balaban J connectivity index is 0.000000461. The first-order valence-corrected chi connectivity index (χ1v) is 3.36.